The van der Waals surface area contributed by atoms with Crippen LogP contribution in [0.3, 0.4) is 0 Å². The van der Waals surface area contributed by atoms with Gasteiger partial charge in [0.2, 0.25) is 0 Å². The minimum absolute atomic E-state index is 0.221. The van der Waals surface area contributed by atoms with Gasteiger partial charge in [-0.15, -0.1) is 0 Å². The molecule has 0 saturated heterocycles. The van der Waals surface area contributed by atoms with Gasteiger partial charge in [0, 0.05) is 0 Å². The van der Waals surface area contributed by atoms with Crippen molar-refractivity contribution in [2.75, 3.05) is 6.61 Å². The van der Waals surface area contributed by atoms with Crippen molar-refractivity contribution in [1.29, 1.82) is 0 Å². The molecule has 0 heterocycles. The Bertz CT molecular complexity index is 318. The maximum Gasteiger partial charge on any atom is 0.119 e. The van der Waals surface area contributed by atoms with Crippen LogP contribution >= 0.6 is 0 Å². The Balaban J connectivity index is 2.27. The van der Waals surface area contributed by atoms with Crippen LogP contribution in [0.25, 0.3) is 0 Å². The van der Waals surface area contributed by atoms with E-state index in [1.54, 1.807) is 0 Å². The van der Waals surface area contributed by atoms with Crippen LogP contribution < -0.4 is 4.74 Å². The summed E-state index contributed by atoms with van der Waals surface area (Å²) < 4.78 is 5.75. The smallest absolute Gasteiger partial charge is 0.119 e. The topological polar surface area (TPSA) is 9.23 Å². The summed E-state index contributed by atoms with van der Waals surface area (Å²) in [7, 11) is 0. The van der Waals surface area contributed by atoms with E-state index in [9.17, 15) is 0 Å². The maximum atomic E-state index is 5.75. The average molecular weight is 248 g/mol. The molecule has 0 radical (unpaired) electrons. The lowest BCUT2D eigenvalue weighted by Crippen LogP contribution is -2.10. The molecule has 1 aromatic rings. The highest BCUT2D eigenvalue weighted by atomic mass is 16.5. The third-order valence-electron chi connectivity index (χ3n) is 3.24. The minimum Gasteiger partial charge on any atom is -0.494 e. The molecule has 0 N–H and O–H groups in total. The van der Waals surface area contributed by atoms with E-state index in [0.717, 1.165) is 12.4 Å². The van der Waals surface area contributed by atoms with Crippen LogP contribution in [0.2, 0.25) is 0 Å². The van der Waals surface area contributed by atoms with Crippen LogP contribution in [0.1, 0.15) is 65.4 Å². The molecule has 102 valence electrons. The van der Waals surface area contributed by atoms with Crippen LogP contribution in [0.5, 0.6) is 5.75 Å². The molecule has 0 atom stereocenters. The summed E-state index contributed by atoms with van der Waals surface area (Å²) in [5.74, 6) is 0.999. The van der Waals surface area contributed by atoms with E-state index >= 15 is 0 Å². The Morgan fingerprint density at radius 1 is 0.889 bits per heavy atom. The fourth-order valence-electron chi connectivity index (χ4n) is 1.95. The van der Waals surface area contributed by atoms with Gasteiger partial charge in [0.15, 0.2) is 0 Å². The van der Waals surface area contributed by atoms with Crippen molar-refractivity contribution < 1.29 is 4.74 Å². The highest BCUT2D eigenvalue weighted by Crippen LogP contribution is 2.24. The van der Waals surface area contributed by atoms with E-state index in [0.29, 0.717) is 0 Å². The lowest BCUT2D eigenvalue weighted by molar-refractivity contribution is 0.304. The first-order valence-corrected chi connectivity index (χ1v) is 7.27. The molecule has 1 nitrogen and oxygen atoms in total. The van der Waals surface area contributed by atoms with Crippen molar-refractivity contribution in [2.24, 2.45) is 0 Å². The van der Waals surface area contributed by atoms with Gasteiger partial charge in [-0.1, -0.05) is 65.5 Å². The standard InChI is InChI=1S/C17H28O/c1-5-6-7-8-9-14-18-16-12-10-15(11-13-16)17(2,3)4/h10-13H,5-9,14H2,1-4H3. The fraction of sp³-hybridized carbons (Fsp3) is 0.647. The molecule has 1 heteroatoms. The molecule has 0 bridgehead atoms. The Labute approximate surface area is 113 Å². The van der Waals surface area contributed by atoms with Crippen LogP contribution in [0, 0.1) is 0 Å². The quantitative estimate of drug-likeness (QED) is 0.592. The highest BCUT2D eigenvalue weighted by Gasteiger charge is 2.12. The average Bonchev–Trinajstić information content (AvgIpc) is 2.33. The molecule has 1 rings (SSSR count). The van der Waals surface area contributed by atoms with Crippen LogP contribution in [-0.4, -0.2) is 6.61 Å². The third kappa shape index (κ3) is 5.57. The Morgan fingerprint density at radius 2 is 1.50 bits per heavy atom. The van der Waals surface area contributed by atoms with Crippen LogP contribution in [-0.2, 0) is 5.41 Å². The molecule has 0 unspecified atom stereocenters. The van der Waals surface area contributed by atoms with Gasteiger partial charge in [0.1, 0.15) is 5.75 Å². The Morgan fingerprint density at radius 3 is 2.06 bits per heavy atom. The summed E-state index contributed by atoms with van der Waals surface area (Å²) in [6.07, 6.45) is 6.44. The van der Waals surface area contributed by atoms with Gasteiger partial charge < -0.3 is 4.74 Å². The monoisotopic (exact) mass is 248 g/mol. The number of ether oxygens (including phenoxy) is 1. The Kier molecular flexibility index (Phi) is 6.24. The molecule has 0 aliphatic carbocycles. The first kappa shape index (κ1) is 15.1. The van der Waals surface area contributed by atoms with E-state index < -0.39 is 0 Å². The molecule has 0 saturated carbocycles. The summed E-state index contributed by atoms with van der Waals surface area (Å²) in [6.45, 7) is 9.79. The molecular weight excluding hydrogens is 220 g/mol. The second-order valence-electron chi connectivity index (χ2n) is 6.04. The predicted molar refractivity (Wildman–Crippen MR) is 79.4 cm³/mol. The summed E-state index contributed by atoms with van der Waals surface area (Å²) in [5, 5.41) is 0. The van der Waals surface area contributed by atoms with Crippen molar-refractivity contribution in [3.8, 4) is 5.75 Å². The predicted octanol–water partition coefficient (Wildman–Crippen LogP) is 5.33. The molecule has 18 heavy (non-hydrogen) atoms. The first-order valence-electron chi connectivity index (χ1n) is 7.27. The second kappa shape index (κ2) is 7.45. The zero-order valence-corrected chi connectivity index (χ0v) is 12.5. The molecular formula is C17H28O. The fourth-order valence-corrected chi connectivity index (χ4v) is 1.95. The van der Waals surface area contributed by atoms with Crippen molar-refractivity contribution in [1.82, 2.24) is 0 Å². The van der Waals surface area contributed by atoms with Crippen molar-refractivity contribution in [2.45, 2.75) is 65.2 Å². The second-order valence-corrected chi connectivity index (χ2v) is 6.04. The largest absolute Gasteiger partial charge is 0.494 e. The van der Waals surface area contributed by atoms with Gasteiger partial charge in [0.05, 0.1) is 6.61 Å². The van der Waals surface area contributed by atoms with Gasteiger partial charge in [-0.25, -0.2) is 0 Å². The van der Waals surface area contributed by atoms with E-state index in [1.165, 1.54) is 37.7 Å². The van der Waals surface area contributed by atoms with Crippen molar-refractivity contribution in [3.63, 3.8) is 0 Å². The molecule has 0 aliphatic heterocycles. The van der Waals surface area contributed by atoms with Crippen molar-refractivity contribution >= 4 is 0 Å². The molecule has 0 fully saturated rings. The van der Waals surface area contributed by atoms with Crippen LogP contribution in [0.4, 0.5) is 0 Å². The SMILES string of the molecule is CCCCCCCOc1ccc(C(C)(C)C)cc1. The van der Waals surface area contributed by atoms with Crippen LogP contribution in [0.15, 0.2) is 24.3 Å². The lowest BCUT2D eigenvalue weighted by Gasteiger charge is -2.19. The van der Waals surface area contributed by atoms with Gasteiger partial charge in [-0.3, -0.25) is 0 Å². The lowest BCUT2D eigenvalue weighted by atomic mass is 9.87. The van der Waals surface area contributed by atoms with Gasteiger partial charge in [-0.05, 0) is 29.5 Å². The number of unbranched alkanes of at least 4 members (excludes halogenated alkanes) is 4. The van der Waals surface area contributed by atoms with Gasteiger partial charge in [-0.2, -0.15) is 0 Å². The van der Waals surface area contributed by atoms with Gasteiger partial charge >= 0.3 is 0 Å². The normalized spacial score (nSPS) is 11.6. The highest BCUT2D eigenvalue weighted by molar-refractivity contribution is 5.31. The molecule has 0 aromatic heterocycles. The van der Waals surface area contributed by atoms with E-state index in [1.807, 2.05) is 0 Å². The number of hydrogen-bond donors (Lipinski definition) is 0. The zero-order chi connectivity index (χ0) is 13.4. The number of hydrogen-bond acceptors (Lipinski definition) is 1. The summed E-state index contributed by atoms with van der Waals surface area (Å²) in [6, 6.07) is 8.53. The Hall–Kier alpha value is -0.980. The summed E-state index contributed by atoms with van der Waals surface area (Å²) >= 11 is 0. The molecule has 1 aromatic carbocycles. The minimum atomic E-state index is 0.221. The van der Waals surface area contributed by atoms with Crippen molar-refractivity contribution in [3.05, 3.63) is 29.8 Å². The molecule has 0 amide bonds. The first-order chi connectivity index (χ1) is 8.54. The maximum absolute atomic E-state index is 5.75. The zero-order valence-electron chi connectivity index (χ0n) is 12.5. The summed E-state index contributed by atoms with van der Waals surface area (Å²) in [5.41, 5.74) is 1.58. The van der Waals surface area contributed by atoms with E-state index in [4.69, 9.17) is 4.74 Å². The number of rotatable bonds is 7. The molecule has 0 aliphatic rings. The van der Waals surface area contributed by atoms with E-state index in [2.05, 4.69) is 52.0 Å². The number of benzene rings is 1. The third-order valence-corrected chi connectivity index (χ3v) is 3.24. The van der Waals surface area contributed by atoms with Gasteiger partial charge in [0.25, 0.3) is 0 Å². The molecule has 0 spiro atoms. The summed E-state index contributed by atoms with van der Waals surface area (Å²) in [4.78, 5) is 0. The van der Waals surface area contributed by atoms with E-state index in [-0.39, 0.29) is 5.41 Å².